The molecule has 0 saturated heterocycles. The summed E-state index contributed by atoms with van der Waals surface area (Å²) in [5.74, 6) is -1.28. The van der Waals surface area contributed by atoms with Crippen molar-refractivity contribution in [1.29, 1.82) is 0 Å². The summed E-state index contributed by atoms with van der Waals surface area (Å²) >= 11 is 0. The lowest BCUT2D eigenvalue weighted by Gasteiger charge is -2.29. The molecule has 1 aliphatic heterocycles. The number of hydrogen-bond donors (Lipinski definition) is 1. The number of halogens is 4. The van der Waals surface area contributed by atoms with Gasteiger partial charge in [0.05, 0.1) is 4.92 Å². The highest BCUT2D eigenvalue weighted by Crippen LogP contribution is 2.34. The lowest BCUT2D eigenvalue weighted by atomic mass is 10.1. The zero-order chi connectivity index (χ0) is 17.4. The van der Waals surface area contributed by atoms with Gasteiger partial charge in [-0.2, -0.15) is 10.1 Å². The lowest BCUT2D eigenvalue weighted by molar-refractivity contribution is -0.384. The first-order chi connectivity index (χ1) is 10.7. The Morgan fingerprint density at radius 1 is 1.30 bits per heavy atom. The highest BCUT2D eigenvalue weighted by molar-refractivity contribution is 5.99. The van der Waals surface area contributed by atoms with Crippen molar-refractivity contribution in [1.82, 2.24) is 5.01 Å². The van der Waals surface area contributed by atoms with E-state index < -0.39 is 41.5 Å². The third kappa shape index (κ3) is 2.99. The molecule has 1 aliphatic rings. The van der Waals surface area contributed by atoms with E-state index >= 15 is 0 Å². The van der Waals surface area contributed by atoms with E-state index in [2.05, 4.69) is 5.10 Å². The summed E-state index contributed by atoms with van der Waals surface area (Å²) in [5, 5.41) is 23.3. The minimum Gasteiger partial charge on any atom is -0.364 e. The molecule has 0 unspecified atom stereocenters. The maximum absolute atomic E-state index is 13.0. The standard InChI is InChI=1S/C12H9F4N3O4/c13-9(14)8-5-12(21,11(15)16)18(17-8)10(20)6-1-3-7(4-2-6)19(22)23/h1-4,9,11,21H,5H2/t12-/m1/s1. The van der Waals surface area contributed by atoms with Gasteiger partial charge in [-0.3, -0.25) is 14.9 Å². The molecule has 7 nitrogen and oxygen atoms in total. The number of amides is 1. The molecule has 1 N–H and O–H groups in total. The summed E-state index contributed by atoms with van der Waals surface area (Å²) in [6.45, 7) is 0. The molecule has 11 heteroatoms. The van der Waals surface area contributed by atoms with Gasteiger partial charge >= 0.3 is 0 Å². The smallest absolute Gasteiger partial charge is 0.287 e. The van der Waals surface area contributed by atoms with Gasteiger partial charge in [0.25, 0.3) is 24.4 Å². The lowest BCUT2D eigenvalue weighted by Crippen LogP contribution is -2.51. The second-order valence-electron chi connectivity index (χ2n) is 4.67. The molecule has 23 heavy (non-hydrogen) atoms. The molecule has 1 aromatic carbocycles. The van der Waals surface area contributed by atoms with Crippen molar-refractivity contribution < 1.29 is 32.4 Å². The van der Waals surface area contributed by atoms with Gasteiger partial charge in [-0.15, -0.1) is 0 Å². The highest BCUT2D eigenvalue weighted by Gasteiger charge is 2.53. The van der Waals surface area contributed by atoms with Gasteiger partial charge in [0.2, 0.25) is 5.72 Å². The Bertz CT molecular complexity index is 665. The minimum atomic E-state index is -3.54. The number of carbonyl (C=O) groups excluding carboxylic acids is 1. The van der Waals surface area contributed by atoms with Crippen LogP contribution in [0.3, 0.4) is 0 Å². The summed E-state index contributed by atoms with van der Waals surface area (Å²) in [7, 11) is 0. The number of hydrazone groups is 1. The van der Waals surface area contributed by atoms with Crippen LogP contribution in [0.2, 0.25) is 0 Å². The topological polar surface area (TPSA) is 96.0 Å². The first-order valence-electron chi connectivity index (χ1n) is 6.12. The van der Waals surface area contributed by atoms with Crippen LogP contribution in [0.1, 0.15) is 16.8 Å². The van der Waals surface area contributed by atoms with Crippen molar-refractivity contribution in [2.45, 2.75) is 25.0 Å². The van der Waals surface area contributed by atoms with Crippen molar-refractivity contribution in [3.63, 3.8) is 0 Å². The summed E-state index contributed by atoms with van der Waals surface area (Å²) in [6, 6.07) is 3.76. The summed E-state index contributed by atoms with van der Waals surface area (Å²) in [6.07, 6.45) is -7.94. The fraction of sp³-hybridized carbons (Fsp3) is 0.333. The van der Waals surface area contributed by atoms with Crippen molar-refractivity contribution >= 4 is 17.3 Å². The van der Waals surface area contributed by atoms with Gasteiger partial charge in [-0.05, 0) is 12.1 Å². The van der Waals surface area contributed by atoms with Crippen LogP contribution in [0.25, 0.3) is 0 Å². The molecule has 0 spiro atoms. The Morgan fingerprint density at radius 2 is 1.87 bits per heavy atom. The quantitative estimate of drug-likeness (QED) is 0.517. The molecular weight excluding hydrogens is 326 g/mol. The van der Waals surface area contributed by atoms with Crippen LogP contribution < -0.4 is 0 Å². The number of rotatable bonds is 4. The number of non-ortho nitro benzene ring substituents is 1. The Morgan fingerprint density at radius 3 is 2.30 bits per heavy atom. The molecule has 0 fully saturated rings. The van der Waals surface area contributed by atoms with Crippen LogP contribution in [-0.2, 0) is 0 Å². The molecule has 1 heterocycles. The second kappa shape index (κ2) is 5.91. The summed E-state index contributed by atoms with van der Waals surface area (Å²) < 4.78 is 51.3. The van der Waals surface area contributed by atoms with Gasteiger partial charge < -0.3 is 5.11 Å². The van der Waals surface area contributed by atoms with Crippen LogP contribution in [0.5, 0.6) is 0 Å². The zero-order valence-electron chi connectivity index (χ0n) is 11.2. The number of nitro benzene ring substituents is 1. The van der Waals surface area contributed by atoms with Crippen LogP contribution in [0, 0.1) is 10.1 Å². The number of nitrogens with zero attached hydrogens (tertiary/aromatic N) is 3. The average molecular weight is 335 g/mol. The second-order valence-corrected chi connectivity index (χ2v) is 4.67. The third-order valence-corrected chi connectivity index (χ3v) is 3.16. The van der Waals surface area contributed by atoms with Crippen molar-refractivity contribution in [3.05, 3.63) is 39.9 Å². The molecule has 1 amide bonds. The number of alkyl halides is 4. The predicted octanol–water partition coefficient (Wildman–Crippen LogP) is 2.02. The molecule has 2 rings (SSSR count). The number of benzene rings is 1. The first kappa shape index (κ1) is 16.8. The van der Waals surface area contributed by atoms with Crippen molar-refractivity contribution in [2.24, 2.45) is 5.10 Å². The number of nitro groups is 1. The van der Waals surface area contributed by atoms with Crippen molar-refractivity contribution in [2.75, 3.05) is 0 Å². The Kier molecular flexibility index (Phi) is 4.32. The van der Waals surface area contributed by atoms with Crippen molar-refractivity contribution in [3.8, 4) is 0 Å². The van der Waals surface area contributed by atoms with E-state index in [1.54, 1.807) is 0 Å². The Labute approximate surface area is 126 Å². The van der Waals surface area contributed by atoms with Gasteiger partial charge in [0, 0.05) is 24.1 Å². The van der Waals surface area contributed by atoms with Gasteiger partial charge in [-0.25, -0.2) is 17.6 Å². The maximum Gasteiger partial charge on any atom is 0.287 e. The monoisotopic (exact) mass is 335 g/mol. The van der Waals surface area contributed by atoms with Crippen LogP contribution in [-0.4, -0.2) is 45.2 Å². The number of carbonyl (C=O) groups is 1. The normalized spacial score (nSPS) is 21.0. The molecular formula is C12H9F4N3O4. The fourth-order valence-corrected chi connectivity index (χ4v) is 1.95. The van der Waals surface area contributed by atoms with E-state index in [0.29, 0.717) is 0 Å². The van der Waals surface area contributed by atoms with E-state index in [9.17, 15) is 37.6 Å². The molecule has 1 atom stereocenters. The van der Waals surface area contributed by atoms with Gasteiger partial charge in [-0.1, -0.05) is 0 Å². The SMILES string of the molecule is O=C(c1ccc([N+](=O)[O-])cc1)N1N=C(C(F)F)C[C@@]1(O)C(F)F. The predicted molar refractivity (Wildman–Crippen MR) is 68.3 cm³/mol. The van der Waals surface area contributed by atoms with E-state index in [1.165, 1.54) is 0 Å². The molecule has 0 saturated carbocycles. The van der Waals surface area contributed by atoms with Crippen LogP contribution >= 0.6 is 0 Å². The third-order valence-electron chi connectivity index (χ3n) is 3.16. The largest absolute Gasteiger partial charge is 0.364 e. The highest BCUT2D eigenvalue weighted by atomic mass is 19.3. The van der Waals surface area contributed by atoms with Gasteiger partial charge in [0.1, 0.15) is 5.71 Å². The molecule has 1 aromatic rings. The average Bonchev–Trinajstić information content (AvgIpc) is 2.86. The fourth-order valence-electron chi connectivity index (χ4n) is 1.95. The molecule has 0 aliphatic carbocycles. The summed E-state index contributed by atoms with van der Waals surface area (Å²) in [4.78, 5) is 21.9. The minimum absolute atomic E-state index is 0.111. The summed E-state index contributed by atoms with van der Waals surface area (Å²) in [5.41, 5.74) is -4.93. The van der Waals surface area contributed by atoms with E-state index in [4.69, 9.17) is 0 Å². The molecule has 124 valence electrons. The molecule has 0 radical (unpaired) electrons. The molecule has 0 aromatic heterocycles. The Balaban J connectivity index is 2.36. The Hall–Kier alpha value is -2.56. The maximum atomic E-state index is 13.0. The van der Waals surface area contributed by atoms with Crippen LogP contribution in [0.4, 0.5) is 23.2 Å². The first-order valence-corrected chi connectivity index (χ1v) is 6.12. The van der Waals surface area contributed by atoms with E-state index in [0.717, 1.165) is 24.3 Å². The van der Waals surface area contributed by atoms with Crippen LogP contribution in [0.15, 0.2) is 29.4 Å². The van der Waals surface area contributed by atoms with E-state index in [1.807, 2.05) is 0 Å². The number of aliphatic hydroxyl groups is 1. The van der Waals surface area contributed by atoms with E-state index in [-0.39, 0.29) is 16.3 Å². The van der Waals surface area contributed by atoms with Gasteiger partial charge in [0.15, 0.2) is 0 Å². The molecule has 0 bridgehead atoms. The number of hydrogen-bond acceptors (Lipinski definition) is 5. The zero-order valence-corrected chi connectivity index (χ0v) is 11.2.